The number of benzene rings is 1. The second-order valence-corrected chi connectivity index (χ2v) is 6.88. The lowest BCUT2D eigenvalue weighted by atomic mass is 9.95. The number of hydrogen-bond acceptors (Lipinski definition) is 2. The number of aryl methyl sites for hydroxylation is 1. The lowest BCUT2D eigenvalue weighted by molar-refractivity contribution is 0.0939. The molecular weight excluding hydrogens is 291 g/mol. The van der Waals surface area contributed by atoms with Crippen LogP contribution in [0.5, 0.6) is 0 Å². The van der Waals surface area contributed by atoms with E-state index in [9.17, 15) is 4.39 Å². The zero-order chi connectivity index (χ0) is 14.7. The lowest BCUT2D eigenvalue weighted by Crippen LogP contribution is -2.23. The first kappa shape index (κ1) is 13.5. The Morgan fingerprint density at radius 2 is 2.24 bits per heavy atom. The molecule has 112 valence electrons. The quantitative estimate of drug-likeness (QED) is 0.774. The summed E-state index contributed by atoms with van der Waals surface area (Å²) in [7, 11) is 0. The lowest BCUT2D eigenvalue weighted by Gasteiger charge is -2.24. The molecule has 2 bridgehead atoms. The van der Waals surface area contributed by atoms with E-state index >= 15 is 0 Å². The van der Waals surface area contributed by atoms with E-state index in [0.29, 0.717) is 17.2 Å². The van der Waals surface area contributed by atoms with E-state index in [1.165, 1.54) is 6.07 Å². The van der Waals surface area contributed by atoms with Gasteiger partial charge in [-0.05, 0) is 44.7 Å². The summed E-state index contributed by atoms with van der Waals surface area (Å²) in [4.78, 5) is 4.58. The second-order valence-electron chi connectivity index (χ2n) is 6.22. The molecule has 2 fully saturated rings. The van der Waals surface area contributed by atoms with Gasteiger partial charge in [0.1, 0.15) is 11.6 Å². The van der Waals surface area contributed by atoms with E-state index in [-0.39, 0.29) is 23.3 Å². The SMILES string of the molecule is Cc1cc2c(cc1F)nc(C(C)Cl)n2C1CC2CCC1O2. The van der Waals surface area contributed by atoms with Gasteiger partial charge in [-0.3, -0.25) is 0 Å². The molecule has 3 heterocycles. The van der Waals surface area contributed by atoms with Crippen LogP contribution in [0.15, 0.2) is 12.1 Å². The van der Waals surface area contributed by atoms with Crippen LogP contribution in [0, 0.1) is 12.7 Å². The van der Waals surface area contributed by atoms with Gasteiger partial charge in [-0.25, -0.2) is 9.37 Å². The van der Waals surface area contributed by atoms with Crippen LogP contribution in [0.25, 0.3) is 11.0 Å². The zero-order valence-corrected chi connectivity index (χ0v) is 12.9. The number of fused-ring (bicyclic) bond motifs is 3. The van der Waals surface area contributed by atoms with Gasteiger partial charge in [0, 0.05) is 6.07 Å². The van der Waals surface area contributed by atoms with Gasteiger partial charge in [0.25, 0.3) is 0 Å². The Kier molecular flexibility index (Phi) is 3.02. The fraction of sp³-hybridized carbons (Fsp3) is 0.562. The summed E-state index contributed by atoms with van der Waals surface area (Å²) in [6.07, 6.45) is 3.84. The van der Waals surface area contributed by atoms with E-state index in [1.54, 1.807) is 6.92 Å². The average Bonchev–Trinajstić information content (AvgIpc) is 3.12. The molecule has 1 aromatic heterocycles. The van der Waals surface area contributed by atoms with Crippen molar-refractivity contribution in [3.05, 3.63) is 29.3 Å². The van der Waals surface area contributed by atoms with Crippen molar-refractivity contribution < 1.29 is 9.13 Å². The molecule has 0 radical (unpaired) electrons. The zero-order valence-electron chi connectivity index (χ0n) is 12.1. The standard InChI is InChI=1S/C16H18ClFN2O/c1-8-5-13-12(7-11(8)18)19-16(9(2)17)20(13)14-6-10-3-4-15(14)21-10/h5,7,9-10,14-15H,3-4,6H2,1-2H3. The van der Waals surface area contributed by atoms with Crippen molar-refractivity contribution in [2.45, 2.75) is 56.7 Å². The maximum atomic E-state index is 13.8. The summed E-state index contributed by atoms with van der Waals surface area (Å²) in [5, 5.41) is -0.208. The third-order valence-electron chi connectivity index (χ3n) is 4.76. The van der Waals surface area contributed by atoms with Crippen LogP contribution in [0.1, 0.15) is 49.0 Å². The molecule has 21 heavy (non-hydrogen) atoms. The Bertz CT molecular complexity index is 712. The second kappa shape index (κ2) is 4.68. The van der Waals surface area contributed by atoms with Crippen LogP contribution in [0.4, 0.5) is 4.39 Å². The van der Waals surface area contributed by atoms with E-state index in [2.05, 4.69) is 9.55 Å². The maximum absolute atomic E-state index is 13.8. The van der Waals surface area contributed by atoms with E-state index in [1.807, 2.05) is 13.0 Å². The Hall–Kier alpha value is -1.13. The number of rotatable bonds is 2. The fourth-order valence-electron chi connectivity index (χ4n) is 3.75. The summed E-state index contributed by atoms with van der Waals surface area (Å²) in [5.41, 5.74) is 2.29. The number of ether oxygens (including phenoxy) is 1. The summed E-state index contributed by atoms with van der Waals surface area (Å²) in [6, 6.07) is 3.67. The first-order chi connectivity index (χ1) is 10.0. The highest BCUT2D eigenvalue weighted by Gasteiger charge is 2.43. The molecule has 2 saturated heterocycles. The molecule has 1 aromatic carbocycles. The van der Waals surface area contributed by atoms with Crippen molar-refractivity contribution in [3.8, 4) is 0 Å². The highest BCUT2D eigenvalue weighted by Crippen LogP contribution is 2.44. The Morgan fingerprint density at radius 3 is 2.86 bits per heavy atom. The molecule has 5 heteroatoms. The minimum absolute atomic E-state index is 0.208. The number of hydrogen-bond donors (Lipinski definition) is 0. The Labute approximate surface area is 128 Å². The van der Waals surface area contributed by atoms with Crippen LogP contribution < -0.4 is 0 Å². The summed E-state index contributed by atoms with van der Waals surface area (Å²) < 4.78 is 22.0. The topological polar surface area (TPSA) is 27.1 Å². The van der Waals surface area contributed by atoms with Gasteiger partial charge in [0.05, 0.1) is 34.7 Å². The van der Waals surface area contributed by atoms with E-state index in [0.717, 1.165) is 30.6 Å². The molecule has 0 aliphatic carbocycles. The third-order valence-corrected chi connectivity index (χ3v) is 4.95. The molecule has 2 aliphatic heterocycles. The number of nitrogens with zero attached hydrogens (tertiary/aromatic N) is 2. The van der Waals surface area contributed by atoms with Crippen molar-refractivity contribution in [1.82, 2.24) is 9.55 Å². The van der Waals surface area contributed by atoms with Crippen LogP contribution in [0.3, 0.4) is 0 Å². The van der Waals surface area contributed by atoms with Crippen LogP contribution in [-0.4, -0.2) is 21.8 Å². The van der Waals surface area contributed by atoms with Gasteiger partial charge >= 0.3 is 0 Å². The third kappa shape index (κ3) is 2.00. The molecule has 0 N–H and O–H groups in total. The monoisotopic (exact) mass is 308 g/mol. The number of imidazole rings is 1. The highest BCUT2D eigenvalue weighted by molar-refractivity contribution is 6.20. The molecular formula is C16H18ClFN2O. The van der Waals surface area contributed by atoms with Gasteiger partial charge in [0.15, 0.2) is 0 Å². The van der Waals surface area contributed by atoms with Crippen LogP contribution >= 0.6 is 11.6 Å². The number of aromatic nitrogens is 2. The summed E-state index contributed by atoms with van der Waals surface area (Å²) in [6.45, 7) is 3.70. The smallest absolute Gasteiger partial charge is 0.128 e. The Balaban J connectivity index is 1.92. The molecule has 2 aliphatic rings. The van der Waals surface area contributed by atoms with Crippen LogP contribution in [-0.2, 0) is 4.74 Å². The van der Waals surface area contributed by atoms with Gasteiger partial charge < -0.3 is 9.30 Å². The normalized spacial score (nSPS) is 29.4. The van der Waals surface area contributed by atoms with Crippen molar-refractivity contribution in [1.29, 1.82) is 0 Å². The van der Waals surface area contributed by atoms with E-state index < -0.39 is 0 Å². The van der Waals surface area contributed by atoms with Crippen molar-refractivity contribution in [2.24, 2.45) is 0 Å². The number of halogens is 2. The molecule has 0 saturated carbocycles. The van der Waals surface area contributed by atoms with Gasteiger partial charge in [-0.15, -0.1) is 11.6 Å². The first-order valence-electron chi connectivity index (χ1n) is 7.52. The minimum Gasteiger partial charge on any atom is -0.373 e. The predicted octanol–water partition coefficient (Wildman–Crippen LogP) is 4.28. The van der Waals surface area contributed by atoms with Crippen molar-refractivity contribution >= 4 is 22.6 Å². The summed E-state index contributed by atoms with van der Waals surface area (Å²) >= 11 is 6.32. The number of alkyl halides is 1. The maximum Gasteiger partial charge on any atom is 0.128 e. The van der Waals surface area contributed by atoms with Crippen molar-refractivity contribution in [3.63, 3.8) is 0 Å². The van der Waals surface area contributed by atoms with Gasteiger partial charge in [0.2, 0.25) is 0 Å². The molecule has 4 rings (SSSR count). The van der Waals surface area contributed by atoms with Gasteiger partial charge in [-0.2, -0.15) is 0 Å². The molecule has 4 atom stereocenters. The fourth-order valence-corrected chi connectivity index (χ4v) is 3.90. The minimum atomic E-state index is -0.217. The molecule has 2 aromatic rings. The average molecular weight is 309 g/mol. The Morgan fingerprint density at radius 1 is 1.43 bits per heavy atom. The largest absolute Gasteiger partial charge is 0.373 e. The summed E-state index contributed by atoms with van der Waals surface area (Å²) in [5.74, 6) is 0.600. The molecule has 3 nitrogen and oxygen atoms in total. The van der Waals surface area contributed by atoms with Crippen molar-refractivity contribution in [2.75, 3.05) is 0 Å². The first-order valence-corrected chi connectivity index (χ1v) is 7.95. The van der Waals surface area contributed by atoms with E-state index in [4.69, 9.17) is 16.3 Å². The highest BCUT2D eigenvalue weighted by atomic mass is 35.5. The van der Waals surface area contributed by atoms with Gasteiger partial charge in [-0.1, -0.05) is 0 Å². The van der Waals surface area contributed by atoms with Crippen LogP contribution in [0.2, 0.25) is 0 Å². The molecule has 4 unspecified atom stereocenters. The molecule has 0 spiro atoms. The molecule has 0 amide bonds. The predicted molar refractivity (Wildman–Crippen MR) is 80.2 cm³/mol.